The standard InChI is InChI=1S/C22H23BO4/c1-21(2)22(3,4)27-23(26-21)19-16-12-8-6-10-14(16)18(20(24)25-5)15-11-7-9-13-17(15)19/h6-13H,1-5H3. The number of rotatable bonds is 2. The minimum absolute atomic E-state index is 0.345. The molecule has 3 aromatic rings. The monoisotopic (exact) mass is 362 g/mol. The molecule has 0 spiro atoms. The maximum absolute atomic E-state index is 12.6. The Kier molecular flexibility index (Phi) is 4.06. The fraction of sp³-hybridized carbons (Fsp3) is 0.318. The van der Waals surface area contributed by atoms with Crippen molar-refractivity contribution < 1.29 is 18.8 Å². The van der Waals surface area contributed by atoms with Crippen LogP contribution in [-0.4, -0.2) is 31.4 Å². The van der Waals surface area contributed by atoms with Gasteiger partial charge in [0.2, 0.25) is 0 Å². The van der Waals surface area contributed by atoms with Crippen LogP contribution in [0, 0.1) is 0 Å². The predicted octanol–water partition coefficient (Wildman–Crippen LogP) is 4.08. The van der Waals surface area contributed by atoms with Crippen LogP contribution in [0.25, 0.3) is 21.5 Å². The zero-order chi connectivity index (χ0) is 19.4. The van der Waals surface area contributed by atoms with Gasteiger partial charge >= 0.3 is 13.1 Å². The molecule has 4 rings (SSSR count). The Hall–Kier alpha value is -2.37. The number of benzene rings is 3. The number of carbonyl (C=O) groups is 1. The van der Waals surface area contributed by atoms with Crippen LogP contribution in [0.2, 0.25) is 0 Å². The predicted molar refractivity (Wildman–Crippen MR) is 109 cm³/mol. The Morgan fingerprint density at radius 2 is 1.22 bits per heavy atom. The van der Waals surface area contributed by atoms with E-state index in [0.717, 1.165) is 27.0 Å². The summed E-state index contributed by atoms with van der Waals surface area (Å²) in [5.74, 6) is -0.345. The molecule has 27 heavy (non-hydrogen) atoms. The molecule has 0 amide bonds. The average Bonchev–Trinajstić information content (AvgIpc) is 2.85. The number of ether oxygens (including phenoxy) is 1. The lowest BCUT2D eigenvalue weighted by molar-refractivity contribution is 0.00578. The van der Waals surface area contributed by atoms with Gasteiger partial charge in [-0.15, -0.1) is 0 Å². The summed E-state index contributed by atoms with van der Waals surface area (Å²) < 4.78 is 17.8. The van der Waals surface area contributed by atoms with Crippen LogP contribution in [0.15, 0.2) is 48.5 Å². The van der Waals surface area contributed by atoms with Crippen molar-refractivity contribution in [3.05, 3.63) is 54.1 Å². The number of esters is 1. The summed E-state index contributed by atoms with van der Waals surface area (Å²) in [5, 5.41) is 3.56. The second-order valence-corrected chi connectivity index (χ2v) is 7.96. The van der Waals surface area contributed by atoms with Gasteiger partial charge in [0, 0.05) is 0 Å². The van der Waals surface area contributed by atoms with Gasteiger partial charge in [0.05, 0.1) is 23.9 Å². The van der Waals surface area contributed by atoms with Gasteiger partial charge in [-0.25, -0.2) is 4.79 Å². The third kappa shape index (κ3) is 2.65. The molecule has 138 valence electrons. The number of fused-ring (bicyclic) bond motifs is 2. The first-order valence-corrected chi connectivity index (χ1v) is 9.14. The van der Waals surface area contributed by atoms with Gasteiger partial charge in [-0.2, -0.15) is 0 Å². The minimum Gasteiger partial charge on any atom is -0.465 e. The molecular weight excluding hydrogens is 339 g/mol. The highest BCUT2D eigenvalue weighted by molar-refractivity contribution is 6.68. The van der Waals surface area contributed by atoms with Crippen molar-refractivity contribution in [3.63, 3.8) is 0 Å². The van der Waals surface area contributed by atoms with Crippen molar-refractivity contribution in [3.8, 4) is 0 Å². The van der Waals surface area contributed by atoms with Crippen LogP contribution in [0.3, 0.4) is 0 Å². The maximum atomic E-state index is 12.6. The Labute approximate surface area is 159 Å². The zero-order valence-electron chi connectivity index (χ0n) is 16.3. The van der Waals surface area contributed by atoms with Gasteiger partial charge in [-0.3, -0.25) is 0 Å². The topological polar surface area (TPSA) is 44.8 Å². The quantitative estimate of drug-likeness (QED) is 0.392. The van der Waals surface area contributed by atoms with Crippen molar-refractivity contribution in [2.45, 2.75) is 38.9 Å². The first kappa shape index (κ1) is 18.0. The summed E-state index contributed by atoms with van der Waals surface area (Å²) in [4.78, 5) is 12.6. The average molecular weight is 362 g/mol. The normalized spacial score (nSPS) is 18.2. The molecule has 1 fully saturated rings. The first-order chi connectivity index (χ1) is 12.8. The summed E-state index contributed by atoms with van der Waals surface area (Å²) in [6.45, 7) is 8.17. The molecule has 0 saturated carbocycles. The van der Waals surface area contributed by atoms with Crippen LogP contribution in [0.5, 0.6) is 0 Å². The molecule has 0 radical (unpaired) electrons. The molecule has 3 aromatic carbocycles. The summed E-state index contributed by atoms with van der Waals surface area (Å²) in [7, 11) is 0.894. The van der Waals surface area contributed by atoms with Gasteiger partial charge in [0.1, 0.15) is 0 Å². The Morgan fingerprint density at radius 3 is 1.63 bits per heavy atom. The molecule has 5 heteroatoms. The van der Waals surface area contributed by atoms with E-state index in [0.29, 0.717) is 5.56 Å². The smallest absolute Gasteiger partial charge is 0.465 e. The van der Waals surface area contributed by atoms with Crippen molar-refractivity contribution in [1.82, 2.24) is 0 Å². The largest absolute Gasteiger partial charge is 0.496 e. The van der Waals surface area contributed by atoms with Crippen LogP contribution in [0.1, 0.15) is 38.1 Å². The van der Waals surface area contributed by atoms with E-state index in [1.807, 2.05) is 76.2 Å². The van der Waals surface area contributed by atoms with E-state index >= 15 is 0 Å². The minimum atomic E-state index is -0.517. The van der Waals surface area contributed by atoms with E-state index in [1.165, 1.54) is 7.11 Å². The fourth-order valence-corrected chi connectivity index (χ4v) is 3.70. The van der Waals surface area contributed by atoms with Crippen LogP contribution in [0.4, 0.5) is 0 Å². The molecule has 0 atom stereocenters. The number of hydrogen-bond donors (Lipinski definition) is 0. The highest BCUT2D eigenvalue weighted by Crippen LogP contribution is 2.38. The van der Waals surface area contributed by atoms with Gasteiger partial charge in [-0.1, -0.05) is 48.5 Å². The van der Waals surface area contributed by atoms with Crippen molar-refractivity contribution in [1.29, 1.82) is 0 Å². The van der Waals surface area contributed by atoms with Gasteiger partial charge in [0.25, 0.3) is 0 Å². The molecule has 0 N–H and O–H groups in total. The Balaban J connectivity index is 2.09. The van der Waals surface area contributed by atoms with Gasteiger partial charge in [0.15, 0.2) is 0 Å². The summed E-state index contributed by atoms with van der Waals surface area (Å²) >= 11 is 0. The first-order valence-electron chi connectivity index (χ1n) is 9.14. The summed E-state index contributed by atoms with van der Waals surface area (Å²) in [6.07, 6.45) is 0. The molecule has 1 aliphatic rings. The second-order valence-electron chi connectivity index (χ2n) is 7.96. The second kappa shape index (κ2) is 6.08. The molecular formula is C22H23BO4. The SMILES string of the molecule is COC(=O)c1c2ccccc2c(B2OC(C)(C)C(C)(C)O2)c2ccccc12. The van der Waals surface area contributed by atoms with E-state index in [2.05, 4.69) is 0 Å². The molecule has 0 bridgehead atoms. The van der Waals surface area contributed by atoms with Crippen LogP contribution < -0.4 is 5.46 Å². The highest BCUT2D eigenvalue weighted by Gasteiger charge is 2.52. The van der Waals surface area contributed by atoms with E-state index in [-0.39, 0.29) is 5.97 Å². The zero-order valence-corrected chi connectivity index (χ0v) is 16.3. The van der Waals surface area contributed by atoms with Crippen molar-refractivity contribution >= 4 is 40.1 Å². The molecule has 1 aliphatic heterocycles. The summed E-state index contributed by atoms with van der Waals surface area (Å²) in [5.41, 5.74) is 0.637. The lowest BCUT2D eigenvalue weighted by Gasteiger charge is -2.32. The lowest BCUT2D eigenvalue weighted by Crippen LogP contribution is -2.41. The maximum Gasteiger partial charge on any atom is 0.496 e. The van der Waals surface area contributed by atoms with Crippen molar-refractivity contribution in [2.24, 2.45) is 0 Å². The lowest BCUT2D eigenvalue weighted by atomic mass is 9.72. The molecule has 1 saturated heterocycles. The summed E-state index contributed by atoms with van der Waals surface area (Å²) in [6, 6.07) is 15.7. The Bertz CT molecular complexity index is 982. The molecule has 0 aliphatic carbocycles. The highest BCUT2D eigenvalue weighted by atomic mass is 16.7. The van der Waals surface area contributed by atoms with Crippen LogP contribution >= 0.6 is 0 Å². The van der Waals surface area contributed by atoms with E-state index in [4.69, 9.17) is 14.0 Å². The third-order valence-corrected chi connectivity index (χ3v) is 5.85. The Morgan fingerprint density at radius 1 is 0.815 bits per heavy atom. The van der Waals surface area contributed by atoms with Gasteiger partial charge < -0.3 is 14.0 Å². The fourth-order valence-electron chi connectivity index (χ4n) is 3.70. The molecule has 1 heterocycles. The molecule has 4 nitrogen and oxygen atoms in total. The van der Waals surface area contributed by atoms with E-state index < -0.39 is 18.3 Å². The number of carbonyl (C=O) groups excluding carboxylic acids is 1. The molecule has 0 aromatic heterocycles. The third-order valence-electron chi connectivity index (χ3n) is 5.85. The van der Waals surface area contributed by atoms with E-state index in [1.54, 1.807) is 0 Å². The van der Waals surface area contributed by atoms with Crippen LogP contribution in [-0.2, 0) is 14.0 Å². The molecule has 0 unspecified atom stereocenters. The number of hydrogen-bond acceptors (Lipinski definition) is 4. The van der Waals surface area contributed by atoms with E-state index in [9.17, 15) is 4.79 Å². The van der Waals surface area contributed by atoms with Crippen molar-refractivity contribution in [2.75, 3.05) is 7.11 Å². The number of methoxy groups -OCH3 is 1. The van der Waals surface area contributed by atoms with Gasteiger partial charge in [-0.05, 0) is 54.7 Å².